The van der Waals surface area contributed by atoms with Crippen LogP contribution in [0.5, 0.6) is 0 Å². The van der Waals surface area contributed by atoms with Crippen LogP contribution in [0.1, 0.15) is 25.8 Å². The minimum atomic E-state index is 0.162. The summed E-state index contributed by atoms with van der Waals surface area (Å²) in [5.41, 5.74) is 8.65. The molecule has 1 aliphatic heterocycles. The molecular formula is C14H21ClN2. The van der Waals surface area contributed by atoms with Gasteiger partial charge < -0.3 is 10.6 Å². The molecule has 3 heteroatoms. The molecule has 2 rings (SSSR count). The number of halogens is 1. The summed E-state index contributed by atoms with van der Waals surface area (Å²) in [6, 6.07) is 6.58. The Morgan fingerprint density at radius 3 is 2.71 bits per heavy atom. The quantitative estimate of drug-likeness (QED) is 0.832. The molecule has 0 saturated carbocycles. The van der Waals surface area contributed by atoms with Gasteiger partial charge in [0.2, 0.25) is 0 Å². The minimum absolute atomic E-state index is 0.162. The number of piperidine rings is 1. The van der Waals surface area contributed by atoms with E-state index >= 15 is 0 Å². The molecule has 0 radical (unpaired) electrons. The third-order valence-corrected chi connectivity index (χ3v) is 4.24. The van der Waals surface area contributed by atoms with Crippen LogP contribution < -0.4 is 10.6 Å². The summed E-state index contributed by atoms with van der Waals surface area (Å²) >= 11 is 6.18. The number of hydrogen-bond acceptors (Lipinski definition) is 2. The summed E-state index contributed by atoms with van der Waals surface area (Å²) in [7, 11) is 0. The maximum absolute atomic E-state index is 6.18. The van der Waals surface area contributed by atoms with Gasteiger partial charge in [-0.05, 0) is 36.5 Å². The summed E-state index contributed by atoms with van der Waals surface area (Å²) in [5, 5.41) is 0.843. The van der Waals surface area contributed by atoms with Crippen LogP contribution >= 0.6 is 11.6 Å². The van der Waals surface area contributed by atoms with E-state index in [1.165, 1.54) is 5.69 Å². The van der Waals surface area contributed by atoms with Gasteiger partial charge in [-0.3, -0.25) is 0 Å². The Labute approximate surface area is 109 Å². The SMILES string of the molecule is Cc1ccc(N2CCC(N)C(C)(C)C2)cc1Cl. The number of hydrogen-bond donors (Lipinski definition) is 1. The molecular weight excluding hydrogens is 232 g/mol. The highest BCUT2D eigenvalue weighted by atomic mass is 35.5. The van der Waals surface area contributed by atoms with Crippen LogP contribution in [0.25, 0.3) is 0 Å². The average Bonchev–Trinajstić information content (AvgIpc) is 2.26. The van der Waals surface area contributed by atoms with Gasteiger partial charge in [-0.1, -0.05) is 31.5 Å². The van der Waals surface area contributed by atoms with Gasteiger partial charge in [-0.15, -0.1) is 0 Å². The van der Waals surface area contributed by atoms with E-state index in [2.05, 4.69) is 36.9 Å². The van der Waals surface area contributed by atoms with Gasteiger partial charge in [-0.25, -0.2) is 0 Å². The second-order valence-corrected chi connectivity index (χ2v) is 6.15. The van der Waals surface area contributed by atoms with Crippen molar-refractivity contribution in [3.05, 3.63) is 28.8 Å². The first kappa shape index (κ1) is 12.7. The number of anilines is 1. The summed E-state index contributed by atoms with van der Waals surface area (Å²) in [4.78, 5) is 2.38. The van der Waals surface area contributed by atoms with Crippen molar-refractivity contribution in [1.29, 1.82) is 0 Å². The Bertz CT molecular complexity index is 415. The summed E-state index contributed by atoms with van der Waals surface area (Å²) < 4.78 is 0. The normalized spacial score (nSPS) is 23.8. The standard InChI is InChI=1S/C14H21ClN2/c1-10-4-5-11(8-12(10)15)17-7-6-13(16)14(2,3)9-17/h4-5,8,13H,6-7,9,16H2,1-3H3. The van der Waals surface area contributed by atoms with E-state index in [0.29, 0.717) is 6.04 Å². The molecule has 0 spiro atoms. The molecule has 0 bridgehead atoms. The molecule has 1 heterocycles. The van der Waals surface area contributed by atoms with Crippen LogP contribution in [0.15, 0.2) is 18.2 Å². The second-order valence-electron chi connectivity index (χ2n) is 5.74. The van der Waals surface area contributed by atoms with Crippen molar-refractivity contribution in [1.82, 2.24) is 0 Å². The van der Waals surface area contributed by atoms with E-state index in [1.807, 2.05) is 6.92 Å². The molecule has 2 nitrogen and oxygen atoms in total. The molecule has 2 N–H and O–H groups in total. The number of aryl methyl sites for hydroxylation is 1. The monoisotopic (exact) mass is 252 g/mol. The zero-order valence-corrected chi connectivity index (χ0v) is 11.6. The van der Waals surface area contributed by atoms with E-state index < -0.39 is 0 Å². The Morgan fingerprint density at radius 1 is 1.41 bits per heavy atom. The lowest BCUT2D eigenvalue weighted by Gasteiger charge is -2.43. The molecule has 17 heavy (non-hydrogen) atoms. The van der Waals surface area contributed by atoms with E-state index in [0.717, 1.165) is 30.1 Å². The van der Waals surface area contributed by atoms with E-state index in [1.54, 1.807) is 0 Å². The van der Waals surface area contributed by atoms with Crippen molar-refractivity contribution in [2.45, 2.75) is 33.2 Å². The highest BCUT2D eigenvalue weighted by Crippen LogP contribution is 2.32. The van der Waals surface area contributed by atoms with E-state index in [-0.39, 0.29) is 5.41 Å². The molecule has 1 aromatic carbocycles. The van der Waals surface area contributed by atoms with Gasteiger partial charge >= 0.3 is 0 Å². The molecule has 1 atom stereocenters. The maximum atomic E-state index is 6.18. The number of rotatable bonds is 1. The Morgan fingerprint density at radius 2 is 2.12 bits per heavy atom. The van der Waals surface area contributed by atoms with Crippen molar-refractivity contribution >= 4 is 17.3 Å². The van der Waals surface area contributed by atoms with Gasteiger partial charge in [0.05, 0.1) is 0 Å². The van der Waals surface area contributed by atoms with Crippen LogP contribution in [0.4, 0.5) is 5.69 Å². The van der Waals surface area contributed by atoms with Crippen LogP contribution in [0, 0.1) is 12.3 Å². The van der Waals surface area contributed by atoms with Crippen molar-refractivity contribution in [3.63, 3.8) is 0 Å². The van der Waals surface area contributed by atoms with Gasteiger partial charge in [0.25, 0.3) is 0 Å². The van der Waals surface area contributed by atoms with Crippen molar-refractivity contribution in [2.75, 3.05) is 18.0 Å². The Balaban J connectivity index is 2.21. The topological polar surface area (TPSA) is 29.3 Å². The van der Waals surface area contributed by atoms with Crippen molar-refractivity contribution in [2.24, 2.45) is 11.1 Å². The molecule has 0 aromatic heterocycles. The minimum Gasteiger partial charge on any atom is -0.371 e. The number of benzene rings is 1. The van der Waals surface area contributed by atoms with E-state index in [4.69, 9.17) is 17.3 Å². The van der Waals surface area contributed by atoms with Crippen molar-refractivity contribution < 1.29 is 0 Å². The number of nitrogens with two attached hydrogens (primary N) is 1. The lowest BCUT2D eigenvalue weighted by atomic mass is 9.79. The zero-order valence-electron chi connectivity index (χ0n) is 10.8. The zero-order chi connectivity index (χ0) is 12.6. The highest BCUT2D eigenvalue weighted by molar-refractivity contribution is 6.31. The average molecular weight is 253 g/mol. The molecule has 94 valence electrons. The molecule has 1 unspecified atom stereocenters. The predicted molar refractivity (Wildman–Crippen MR) is 74.8 cm³/mol. The summed E-state index contributed by atoms with van der Waals surface area (Å²) in [5.74, 6) is 0. The summed E-state index contributed by atoms with van der Waals surface area (Å²) in [6.45, 7) is 8.51. The first-order valence-corrected chi connectivity index (χ1v) is 6.54. The molecule has 1 aromatic rings. The van der Waals surface area contributed by atoms with Crippen LogP contribution in [0.3, 0.4) is 0 Å². The lowest BCUT2D eigenvalue weighted by molar-refractivity contribution is 0.245. The van der Waals surface area contributed by atoms with Gasteiger partial charge in [0.1, 0.15) is 0 Å². The van der Waals surface area contributed by atoms with Gasteiger partial charge in [0, 0.05) is 29.8 Å². The molecule has 0 amide bonds. The fourth-order valence-corrected chi connectivity index (χ4v) is 2.55. The van der Waals surface area contributed by atoms with Crippen molar-refractivity contribution in [3.8, 4) is 0 Å². The highest BCUT2D eigenvalue weighted by Gasteiger charge is 2.33. The largest absolute Gasteiger partial charge is 0.371 e. The molecule has 0 aliphatic carbocycles. The fraction of sp³-hybridized carbons (Fsp3) is 0.571. The lowest BCUT2D eigenvalue weighted by Crippen LogP contribution is -2.52. The predicted octanol–water partition coefficient (Wildman–Crippen LogP) is 3.21. The van der Waals surface area contributed by atoms with Gasteiger partial charge in [-0.2, -0.15) is 0 Å². The van der Waals surface area contributed by atoms with Gasteiger partial charge in [0.15, 0.2) is 0 Å². The Hall–Kier alpha value is -0.730. The van der Waals surface area contributed by atoms with E-state index in [9.17, 15) is 0 Å². The first-order chi connectivity index (χ1) is 7.90. The molecule has 1 fully saturated rings. The third-order valence-electron chi connectivity index (χ3n) is 3.83. The fourth-order valence-electron chi connectivity index (χ4n) is 2.37. The maximum Gasteiger partial charge on any atom is 0.0455 e. The number of nitrogens with zero attached hydrogens (tertiary/aromatic N) is 1. The van der Waals surface area contributed by atoms with Crippen LogP contribution in [-0.4, -0.2) is 19.1 Å². The molecule has 1 aliphatic rings. The third kappa shape index (κ3) is 2.58. The first-order valence-electron chi connectivity index (χ1n) is 6.17. The summed E-state index contributed by atoms with van der Waals surface area (Å²) in [6.07, 6.45) is 1.04. The molecule has 1 saturated heterocycles. The van der Waals surface area contributed by atoms with Crippen LogP contribution in [-0.2, 0) is 0 Å². The second kappa shape index (κ2) is 4.51. The smallest absolute Gasteiger partial charge is 0.0455 e. The Kier molecular flexibility index (Phi) is 3.37. The van der Waals surface area contributed by atoms with Crippen LogP contribution in [0.2, 0.25) is 5.02 Å².